The standard InChI is InChI=1S/C17H14ClN3O4/c1-23-12-6-7-14(24-2)13(9-12)15(22)19-17-21-20-16(25-17)10-4-3-5-11(18)8-10/h3-9H,1-2H3,(H,19,21,22). The maximum Gasteiger partial charge on any atom is 0.322 e. The van der Waals surface area contributed by atoms with Gasteiger partial charge in [-0.05, 0) is 36.4 Å². The van der Waals surface area contributed by atoms with Crippen molar-refractivity contribution in [1.82, 2.24) is 10.2 Å². The van der Waals surface area contributed by atoms with Gasteiger partial charge in [-0.15, -0.1) is 5.10 Å². The first-order chi connectivity index (χ1) is 12.1. The van der Waals surface area contributed by atoms with E-state index >= 15 is 0 Å². The van der Waals surface area contributed by atoms with Crippen LogP contribution in [-0.4, -0.2) is 30.3 Å². The fraction of sp³-hybridized carbons (Fsp3) is 0.118. The Kier molecular flexibility index (Phi) is 4.85. The van der Waals surface area contributed by atoms with Gasteiger partial charge >= 0.3 is 6.01 Å². The number of anilines is 1. The molecule has 0 bridgehead atoms. The second-order valence-corrected chi connectivity index (χ2v) is 5.38. The Balaban J connectivity index is 1.82. The lowest BCUT2D eigenvalue weighted by atomic mass is 10.1. The molecule has 0 aliphatic rings. The van der Waals surface area contributed by atoms with Crippen LogP contribution in [0.4, 0.5) is 6.01 Å². The number of hydrogen-bond donors (Lipinski definition) is 1. The average molecular weight is 360 g/mol. The van der Waals surface area contributed by atoms with Crippen LogP contribution in [0.3, 0.4) is 0 Å². The van der Waals surface area contributed by atoms with Gasteiger partial charge in [-0.25, -0.2) is 0 Å². The first-order valence-corrected chi connectivity index (χ1v) is 7.61. The molecule has 7 nitrogen and oxygen atoms in total. The summed E-state index contributed by atoms with van der Waals surface area (Å²) in [5.41, 5.74) is 0.934. The van der Waals surface area contributed by atoms with Crippen LogP contribution in [0.25, 0.3) is 11.5 Å². The van der Waals surface area contributed by atoms with Crippen LogP contribution in [0.1, 0.15) is 10.4 Å². The first kappa shape index (κ1) is 16.8. The minimum absolute atomic E-state index is 0.0372. The van der Waals surface area contributed by atoms with Gasteiger partial charge in [0.25, 0.3) is 5.91 Å². The predicted molar refractivity (Wildman–Crippen MR) is 92.2 cm³/mol. The van der Waals surface area contributed by atoms with Crippen LogP contribution in [0.2, 0.25) is 5.02 Å². The molecular weight excluding hydrogens is 346 g/mol. The molecule has 1 amide bonds. The molecule has 0 aliphatic heterocycles. The highest BCUT2D eigenvalue weighted by molar-refractivity contribution is 6.30. The molecule has 8 heteroatoms. The fourth-order valence-electron chi connectivity index (χ4n) is 2.17. The number of nitrogens with zero attached hydrogens (tertiary/aromatic N) is 2. The molecule has 1 heterocycles. The van der Waals surface area contributed by atoms with Gasteiger partial charge in [0.15, 0.2) is 0 Å². The molecule has 0 unspecified atom stereocenters. The van der Waals surface area contributed by atoms with E-state index in [2.05, 4.69) is 15.5 Å². The fourth-order valence-corrected chi connectivity index (χ4v) is 2.36. The molecular formula is C17H14ClN3O4. The molecule has 0 saturated carbocycles. The predicted octanol–water partition coefficient (Wildman–Crippen LogP) is 3.66. The van der Waals surface area contributed by atoms with E-state index < -0.39 is 5.91 Å². The monoisotopic (exact) mass is 359 g/mol. The summed E-state index contributed by atoms with van der Waals surface area (Å²) in [5.74, 6) is 0.705. The van der Waals surface area contributed by atoms with E-state index in [4.69, 9.17) is 25.5 Å². The number of carbonyl (C=O) groups excluding carboxylic acids is 1. The average Bonchev–Trinajstić information content (AvgIpc) is 3.09. The van der Waals surface area contributed by atoms with E-state index in [9.17, 15) is 4.79 Å². The summed E-state index contributed by atoms with van der Waals surface area (Å²) in [6.45, 7) is 0. The number of benzene rings is 2. The number of methoxy groups -OCH3 is 2. The van der Waals surface area contributed by atoms with Crippen molar-refractivity contribution < 1.29 is 18.7 Å². The van der Waals surface area contributed by atoms with Gasteiger partial charge in [0.05, 0.1) is 19.8 Å². The van der Waals surface area contributed by atoms with E-state index in [0.29, 0.717) is 22.1 Å². The van der Waals surface area contributed by atoms with Crippen molar-refractivity contribution in [2.75, 3.05) is 19.5 Å². The zero-order chi connectivity index (χ0) is 17.8. The zero-order valence-electron chi connectivity index (χ0n) is 13.4. The van der Waals surface area contributed by atoms with Crippen LogP contribution in [0, 0.1) is 0 Å². The first-order valence-electron chi connectivity index (χ1n) is 7.23. The summed E-state index contributed by atoms with van der Waals surface area (Å²) in [6.07, 6.45) is 0. The van der Waals surface area contributed by atoms with Gasteiger partial charge in [-0.1, -0.05) is 22.8 Å². The summed E-state index contributed by atoms with van der Waals surface area (Å²) >= 11 is 5.94. The van der Waals surface area contributed by atoms with Crippen molar-refractivity contribution in [2.24, 2.45) is 0 Å². The Morgan fingerprint density at radius 1 is 1.12 bits per heavy atom. The van der Waals surface area contributed by atoms with E-state index in [1.165, 1.54) is 14.2 Å². The second kappa shape index (κ2) is 7.23. The molecule has 128 valence electrons. The normalized spacial score (nSPS) is 10.4. The minimum Gasteiger partial charge on any atom is -0.497 e. The number of carbonyl (C=O) groups is 1. The molecule has 0 atom stereocenters. The van der Waals surface area contributed by atoms with Crippen molar-refractivity contribution in [3.63, 3.8) is 0 Å². The molecule has 1 aromatic heterocycles. The highest BCUT2D eigenvalue weighted by atomic mass is 35.5. The van der Waals surface area contributed by atoms with Crippen molar-refractivity contribution in [3.8, 4) is 23.0 Å². The molecule has 2 aromatic carbocycles. The summed E-state index contributed by atoms with van der Waals surface area (Å²) < 4.78 is 15.8. The topological polar surface area (TPSA) is 86.5 Å². The quantitative estimate of drug-likeness (QED) is 0.748. The summed E-state index contributed by atoms with van der Waals surface area (Å²) in [6, 6.07) is 11.8. The number of ether oxygens (including phenoxy) is 2. The second-order valence-electron chi connectivity index (χ2n) is 4.94. The van der Waals surface area contributed by atoms with E-state index in [1.54, 1.807) is 42.5 Å². The molecule has 25 heavy (non-hydrogen) atoms. The van der Waals surface area contributed by atoms with Gasteiger partial charge in [-0.2, -0.15) is 0 Å². The maximum atomic E-state index is 12.5. The molecule has 0 spiro atoms. The lowest BCUT2D eigenvalue weighted by Crippen LogP contribution is -2.13. The van der Waals surface area contributed by atoms with Crippen LogP contribution < -0.4 is 14.8 Å². The third-order valence-electron chi connectivity index (χ3n) is 3.37. The van der Waals surface area contributed by atoms with Crippen molar-refractivity contribution >= 4 is 23.5 Å². The molecule has 0 radical (unpaired) electrons. The number of nitrogens with one attached hydrogen (secondary N) is 1. The van der Waals surface area contributed by atoms with E-state index in [-0.39, 0.29) is 17.5 Å². The maximum absolute atomic E-state index is 12.5. The van der Waals surface area contributed by atoms with Crippen LogP contribution in [0.5, 0.6) is 11.5 Å². The van der Waals surface area contributed by atoms with Crippen molar-refractivity contribution in [3.05, 3.63) is 53.1 Å². The Hall–Kier alpha value is -3.06. The Morgan fingerprint density at radius 2 is 1.96 bits per heavy atom. The van der Waals surface area contributed by atoms with Crippen molar-refractivity contribution in [2.45, 2.75) is 0 Å². The number of amides is 1. The lowest BCUT2D eigenvalue weighted by Gasteiger charge is -2.09. The third kappa shape index (κ3) is 3.72. The number of hydrogen-bond acceptors (Lipinski definition) is 6. The molecule has 0 saturated heterocycles. The Bertz CT molecular complexity index is 910. The van der Waals surface area contributed by atoms with Gasteiger partial charge < -0.3 is 13.9 Å². The minimum atomic E-state index is -0.461. The Morgan fingerprint density at radius 3 is 2.68 bits per heavy atom. The van der Waals surface area contributed by atoms with Gasteiger partial charge in [0.2, 0.25) is 5.89 Å². The number of halogens is 1. The molecule has 0 fully saturated rings. The van der Waals surface area contributed by atoms with E-state index in [0.717, 1.165) is 0 Å². The number of aromatic nitrogens is 2. The van der Waals surface area contributed by atoms with E-state index in [1.807, 2.05) is 0 Å². The molecule has 3 aromatic rings. The zero-order valence-corrected chi connectivity index (χ0v) is 14.2. The molecule has 1 N–H and O–H groups in total. The van der Waals surface area contributed by atoms with Crippen LogP contribution in [0.15, 0.2) is 46.9 Å². The van der Waals surface area contributed by atoms with Gasteiger partial charge in [-0.3, -0.25) is 10.1 Å². The molecule has 0 aliphatic carbocycles. The van der Waals surface area contributed by atoms with Gasteiger partial charge in [0, 0.05) is 10.6 Å². The van der Waals surface area contributed by atoms with Crippen molar-refractivity contribution in [1.29, 1.82) is 0 Å². The summed E-state index contributed by atoms with van der Waals surface area (Å²) in [5, 5.41) is 10.8. The highest BCUT2D eigenvalue weighted by Crippen LogP contribution is 2.26. The Labute approximate surface area is 148 Å². The summed E-state index contributed by atoms with van der Waals surface area (Å²) in [7, 11) is 2.99. The van der Waals surface area contributed by atoms with Crippen LogP contribution in [-0.2, 0) is 0 Å². The highest BCUT2D eigenvalue weighted by Gasteiger charge is 2.17. The van der Waals surface area contributed by atoms with Crippen LogP contribution >= 0.6 is 11.6 Å². The largest absolute Gasteiger partial charge is 0.497 e. The smallest absolute Gasteiger partial charge is 0.322 e. The summed E-state index contributed by atoms with van der Waals surface area (Å²) in [4.78, 5) is 12.5. The van der Waals surface area contributed by atoms with Gasteiger partial charge in [0.1, 0.15) is 11.5 Å². The number of rotatable bonds is 5. The molecule has 3 rings (SSSR count). The lowest BCUT2D eigenvalue weighted by molar-refractivity contribution is 0.102. The third-order valence-corrected chi connectivity index (χ3v) is 3.60. The SMILES string of the molecule is COc1ccc(OC)c(C(=O)Nc2nnc(-c3cccc(Cl)c3)o2)c1.